The van der Waals surface area contributed by atoms with E-state index < -0.39 is 11.9 Å². The first-order valence-electron chi connectivity index (χ1n) is 7.51. The zero-order chi connectivity index (χ0) is 16.4. The summed E-state index contributed by atoms with van der Waals surface area (Å²) >= 11 is 0. The average Bonchev–Trinajstić information content (AvgIpc) is 3.05. The number of carbonyl (C=O) groups excluding carboxylic acids is 1. The smallest absolute Gasteiger partial charge is 0.308 e. The molecule has 1 aromatic heterocycles. The van der Waals surface area contributed by atoms with Crippen LogP contribution in [0, 0.1) is 5.92 Å². The fraction of sp³-hybridized carbons (Fsp3) is 0.375. The van der Waals surface area contributed by atoms with Crippen LogP contribution in [0.2, 0.25) is 0 Å². The van der Waals surface area contributed by atoms with E-state index in [1.807, 2.05) is 6.07 Å². The molecular formula is C16H17N3O4. The van der Waals surface area contributed by atoms with Gasteiger partial charge in [-0.1, -0.05) is 12.1 Å². The van der Waals surface area contributed by atoms with E-state index in [4.69, 9.17) is 5.11 Å². The van der Waals surface area contributed by atoms with Crippen LogP contribution in [0.25, 0.3) is 10.9 Å². The van der Waals surface area contributed by atoms with Crippen LogP contribution in [-0.2, 0) is 16.1 Å². The van der Waals surface area contributed by atoms with E-state index in [-0.39, 0.29) is 24.3 Å². The fourth-order valence-electron chi connectivity index (χ4n) is 2.89. The van der Waals surface area contributed by atoms with Gasteiger partial charge in [-0.2, -0.15) is 5.10 Å². The second-order valence-corrected chi connectivity index (χ2v) is 5.66. The van der Waals surface area contributed by atoms with Crippen molar-refractivity contribution >= 4 is 22.8 Å². The van der Waals surface area contributed by atoms with Crippen molar-refractivity contribution in [3.8, 4) is 0 Å². The molecule has 1 unspecified atom stereocenters. The molecule has 1 atom stereocenters. The van der Waals surface area contributed by atoms with Crippen molar-refractivity contribution in [1.29, 1.82) is 0 Å². The van der Waals surface area contributed by atoms with Crippen LogP contribution in [0.4, 0.5) is 0 Å². The van der Waals surface area contributed by atoms with Crippen molar-refractivity contribution in [2.24, 2.45) is 5.92 Å². The summed E-state index contributed by atoms with van der Waals surface area (Å²) < 4.78 is 1.64. The monoisotopic (exact) mass is 315 g/mol. The van der Waals surface area contributed by atoms with E-state index in [0.29, 0.717) is 30.4 Å². The minimum atomic E-state index is -0.853. The lowest BCUT2D eigenvalue weighted by Crippen LogP contribution is -2.30. The quantitative estimate of drug-likeness (QED) is 0.897. The maximum absolute atomic E-state index is 12.2. The Labute approximate surface area is 132 Å². The number of nitrogens with zero attached hydrogens (tertiary/aromatic N) is 3. The van der Waals surface area contributed by atoms with E-state index in [1.54, 1.807) is 27.8 Å². The molecule has 7 nitrogen and oxygen atoms in total. The summed E-state index contributed by atoms with van der Waals surface area (Å²) in [6.07, 6.45) is 1.98. The van der Waals surface area contributed by atoms with E-state index in [2.05, 4.69) is 5.10 Å². The van der Waals surface area contributed by atoms with Gasteiger partial charge in [-0.3, -0.25) is 19.1 Å². The lowest BCUT2D eigenvalue weighted by atomic mass is 10.1. The van der Waals surface area contributed by atoms with Crippen LogP contribution in [0.5, 0.6) is 0 Å². The molecule has 1 fully saturated rings. The van der Waals surface area contributed by atoms with E-state index in [0.717, 1.165) is 0 Å². The zero-order valence-corrected chi connectivity index (χ0v) is 12.5. The minimum absolute atomic E-state index is 0.0849. The van der Waals surface area contributed by atoms with Gasteiger partial charge in [-0.05, 0) is 18.6 Å². The van der Waals surface area contributed by atoms with Gasteiger partial charge in [0, 0.05) is 24.9 Å². The number of rotatable bonds is 4. The van der Waals surface area contributed by atoms with Crippen LogP contribution < -0.4 is 5.43 Å². The van der Waals surface area contributed by atoms with Gasteiger partial charge >= 0.3 is 5.97 Å². The molecule has 0 saturated carbocycles. The Balaban J connectivity index is 1.70. The first-order valence-corrected chi connectivity index (χ1v) is 7.51. The van der Waals surface area contributed by atoms with E-state index in [1.165, 1.54) is 6.20 Å². The topological polar surface area (TPSA) is 92.5 Å². The molecule has 1 amide bonds. The molecule has 2 heterocycles. The molecule has 1 aliphatic rings. The third-order valence-corrected chi connectivity index (χ3v) is 4.19. The molecular weight excluding hydrogens is 298 g/mol. The maximum Gasteiger partial charge on any atom is 0.308 e. The van der Waals surface area contributed by atoms with E-state index in [9.17, 15) is 14.4 Å². The number of hydrogen-bond donors (Lipinski definition) is 1. The fourth-order valence-corrected chi connectivity index (χ4v) is 2.89. The summed E-state index contributed by atoms with van der Waals surface area (Å²) in [5.74, 6) is -1.41. The number of aryl methyl sites for hydroxylation is 1. The number of para-hydroxylation sites is 1. The summed E-state index contributed by atoms with van der Waals surface area (Å²) in [6, 6.07) is 7.13. The second kappa shape index (κ2) is 6.20. The van der Waals surface area contributed by atoms with Gasteiger partial charge in [0.1, 0.15) is 0 Å². The number of benzene rings is 1. The van der Waals surface area contributed by atoms with Crippen LogP contribution in [0.3, 0.4) is 0 Å². The molecule has 120 valence electrons. The summed E-state index contributed by atoms with van der Waals surface area (Å²) in [6.45, 7) is 1.11. The molecule has 7 heteroatoms. The van der Waals surface area contributed by atoms with Crippen LogP contribution >= 0.6 is 0 Å². The lowest BCUT2D eigenvalue weighted by Gasteiger charge is -2.16. The summed E-state index contributed by atoms with van der Waals surface area (Å²) in [4.78, 5) is 36.5. The van der Waals surface area contributed by atoms with Gasteiger partial charge in [0.2, 0.25) is 11.3 Å². The SMILES string of the molecule is O=C(O)C1CCN(C(=O)CCn2ncc(=O)c3ccccc32)C1. The molecule has 1 N–H and O–H groups in total. The molecule has 3 rings (SSSR count). The maximum atomic E-state index is 12.2. The standard InChI is InChI=1S/C16H17N3O4/c20-14-9-17-19(13-4-2-1-3-12(13)14)8-6-15(21)18-7-5-11(10-18)16(22)23/h1-4,9,11H,5-8,10H2,(H,22,23). The van der Waals surface area contributed by atoms with Crippen LogP contribution in [0.1, 0.15) is 12.8 Å². The number of amides is 1. The van der Waals surface area contributed by atoms with Crippen molar-refractivity contribution < 1.29 is 14.7 Å². The van der Waals surface area contributed by atoms with Crippen LogP contribution in [0.15, 0.2) is 35.3 Å². The number of carboxylic acids is 1. The minimum Gasteiger partial charge on any atom is -0.481 e. The van der Waals surface area contributed by atoms with E-state index >= 15 is 0 Å². The van der Waals surface area contributed by atoms with Gasteiger partial charge in [0.05, 0.1) is 24.2 Å². The molecule has 1 saturated heterocycles. The Hall–Kier alpha value is -2.70. The largest absolute Gasteiger partial charge is 0.481 e. The first kappa shape index (κ1) is 15.2. The second-order valence-electron chi connectivity index (χ2n) is 5.66. The average molecular weight is 315 g/mol. The highest BCUT2D eigenvalue weighted by Gasteiger charge is 2.30. The highest BCUT2D eigenvalue weighted by molar-refractivity contribution is 5.80. The number of likely N-dealkylation sites (tertiary alicyclic amines) is 1. The van der Waals surface area contributed by atoms with Gasteiger partial charge < -0.3 is 10.0 Å². The number of aliphatic carboxylic acids is 1. The Bertz CT molecular complexity index is 814. The van der Waals surface area contributed by atoms with Gasteiger partial charge in [0.15, 0.2) is 0 Å². The summed E-state index contributed by atoms with van der Waals surface area (Å²) in [5.41, 5.74) is 0.546. The van der Waals surface area contributed by atoms with Crippen molar-refractivity contribution in [2.75, 3.05) is 13.1 Å². The molecule has 0 aliphatic carbocycles. The van der Waals surface area contributed by atoms with Gasteiger partial charge in [-0.15, -0.1) is 0 Å². The predicted molar refractivity (Wildman–Crippen MR) is 82.9 cm³/mol. The lowest BCUT2D eigenvalue weighted by molar-refractivity contribution is -0.141. The third kappa shape index (κ3) is 3.08. The van der Waals surface area contributed by atoms with Crippen molar-refractivity contribution in [3.63, 3.8) is 0 Å². The molecule has 23 heavy (non-hydrogen) atoms. The van der Waals surface area contributed by atoms with Crippen LogP contribution in [-0.4, -0.2) is 44.8 Å². The highest BCUT2D eigenvalue weighted by Crippen LogP contribution is 2.17. The number of fused-ring (bicyclic) bond motifs is 1. The zero-order valence-electron chi connectivity index (χ0n) is 12.5. The summed E-state index contributed by atoms with van der Waals surface area (Å²) in [5, 5.41) is 13.6. The Morgan fingerprint density at radius 2 is 2.09 bits per heavy atom. The molecule has 0 spiro atoms. The number of hydrogen-bond acceptors (Lipinski definition) is 4. The van der Waals surface area contributed by atoms with Gasteiger partial charge in [0.25, 0.3) is 0 Å². The van der Waals surface area contributed by atoms with Crippen molar-refractivity contribution in [1.82, 2.24) is 14.7 Å². The summed E-state index contributed by atoms with van der Waals surface area (Å²) in [7, 11) is 0. The van der Waals surface area contributed by atoms with Gasteiger partial charge in [-0.25, -0.2) is 0 Å². The van der Waals surface area contributed by atoms with Crippen molar-refractivity contribution in [2.45, 2.75) is 19.4 Å². The molecule has 1 aromatic carbocycles. The predicted octanol–water partition coefficient (Wildman–Crippen LogP) is 0.720. The Morgan fingerprint density at radius 1 is 1.30 bits per heavy atom. The van der Waals surface area contributed by atoms with Crippen molar-refractivity contribution in [3.05, 3.63) is 40.7 Å². The highest BCUT2D eigenvalue weighted by atomic mass is 16.4. The third-order valence-electron chi connectivity index (χ3n) is 4.19. The Kier molecular flexibility index (Phi) is 4.10. The molecule has 0 bridgehead atoms. The normalized spacial score (nSPS) is 17.6. The number of carboxylic acid groups (broad SMARTS) is 1. The Morgan fingerprint density at radius 3 is 2.83 bits per heavy atom. The molecule has 1 aliphatic heterocycles. The molecule has 0 radical (unpaired) electrons. The number of aromatic nitrogens is 2. The molecule has 2 aromatic rings. The first-order chi connectivity index (χ1) is 11.1. The number of carbonyl (C=O) groups is 2.